The van der Waals surface area contributed by atoms with Gasteiger partial charge < -0.3 is 15.6 Å². The Kier molecular flexibility index (Phi) is 3.14. The molecule has 0 spiro atoms. The lowest BCUT2D eigenvalue weighted by Crippen LogP contribution is -2.22. The second kappa shape index (κ2) is 4.78. The van der Waals surface area contributed by atoms with Crippen molar-refractivity contribution in [3.05, 3.63) is 23.0 Å². The molecule has 1 aliphatic heterocycles. The van der Waals surface area contributed by atoms with Crippen molar-refractivity contribution in [2.45, 2.75) is 19.3 Å². The van der Waals surface area contributed by atoms with E-state index in [2.05, 4.69) is 14.9 Å². The third-order valence-corrected chi connectivity index (χ3v) is 3.71. The minimum atomic E-state index is 0.640. The van der Waals surface area contributed by atoms with Gasteiger partial charge in [-0.3, -0.25) is 0 Å². The molecule has 0 radical (unpaired) electrons. The molecule has 1 fully saturated rings. The van der Waals surface area contributed by atoms with E-state index in [1.54, 1.807) is 6.07 Å². The molecule has 1 saturated heterocycles. The molecule has 3 N–H and O–H groups in total. The van der Waals surface area contributed by atoms with E-state index >= 15 is 0 Å². The number of nitrogens with two attached hydrogens (primary N) is 1. The maximum Gasteiger partial charge on any atom is 0.112 e. The van der Waals surface area contributed by atoms with Gasteiger partial charge in [-0.1, -0.05) is 11.6 Å². The fourth-order valence-corrected chi connectivity index (χ4v) is 2.77. The summed E-state index contributed by atoms with van der Waals surface area (Å²) in [5.41, 5.74) is 8.31. The van der Waals surface area contributed by atoms with Crippen LogP contribution in [0.1, 0.15) is 18.7 Å². The average molecular weight is 265 g/mol. The van der Waals surface area contributed by atoms with Gasteiger partial charge in [0, 0.05) is 18.0 Å². The summed E-state index contributed by atoms with van der Waals surface area (Å²) in [5, 5.41) is 0.648. The van der Waals surface area contributed by atoms with Crippen molar-refractivity contribution in [3.63, 3.8) is 0 Å². The third-order valence-electron chi connectivity index (χ3n) is 3.49. The molecule has 1 aromatic carbocycles. The second-order valence-electron chi connectivity index (χ2n) is 4.87. The van der Waals surface area contributed by atoms with Crippen molar-refractivity contribution in [2.24, 2.45) is 0 Å². The monoisotopic (exact) mass is 264 g/mol. The number of imidazole rings is 1. The number of nitrogens with zero attached hydrogens (tertiary/aromatic N) is 2. The van der Waals surface area contributed by atoms with Crippen molar-refractivity contribution in [3.8, 4) is 0 Å². The van der Waals surface area contributed by atoms with Crippen LogP contribution in [0.3, 0.4) is 0 Å². The number of fused-ring (bicyclic) bond motifs is 1. The normalized spacial score (nSPS) is 16.7. The quantitative estimate of drug-likeness (QED) is 0.837. The van der Waals surface area contributed by atoms with Gasteiger partial charge in [0.05, 0.1) is 11.2 Å². The largest absolute Gasteiger partial charge is 0.397 e. The molecule has 0 unspecified atom stereocenters. The van der Waals surface area contributed by atoms with Crippen LogP contribution in [0.4, 0.5) is 5.69 Å². The summed E-state index contributed by atoms with van der Waals surface area (Å²) in [6.07, 6.45) is 3.58. The summed E-state index contributed by atoms with van der Waals surface area (Å²) in [4.78, 5) is 10.3. The fraction of sp³-hybridized carbons (Fsp3) is 0.462. The maximum atomic E-state index is 5.98. The van der Waals surface area contributed by atoms with E-state index in [4.69, 9.17) is 17.3 Å². The molecule has 0 bridgehead atoms. The molecule has 3 rings (SSSR count). The molecule has 96 valence electrons. The number of rotatable bonds is 3. The van der Waals surface area contributed by atoms with E-state index in [1.165, 1.54) is 25.9 Å². The predicted octanol–water partition coefficient (Wildman–Crippen LogP) is 2.44. The molecule has 0 atom stereocenters. The van der Waals surface area contributed by atoms with Crippen LogP contribution in [0.25, 0.3) is 11.0 Å². The van der Waals surface area contributed by atoms with Crippen LogP contribution in [-0.4, -0.2) is 34.5 Å². The first-order valence-corrected chi connectivity index (χ1v) is 6.76. The van der Waals surface area contributed by atoms with Gasteiger partial charge in [-0.15, -0.1) is 0 Å². The summed E-state index contributed by atoms with van der Waals surface area (Å²) in [5.74, 6) is 0.992. The zero-order chi connectivity index (χ0) is 12.5. The van der Waals surface area contributed by atoms with Gasteiger partial charge in [0.2, 0.25) is 0 Å². The van der Waals surface area contributed by atoms with Crippen molar-refractivity contribution < 1.29 is 0 Å². The Bertz CT molecular complexity index is 557. The van der Waals surface area contributed by atoms with Crippen LogP contribution < -0.4 is 5.73 Å². The SMILES string of the molecule is Nc1cc(Cl)cc2[nH]c(CCN3CCCC3)nc12. The highest BCUT2D eigenvalue weighted by Crippen LogP contribution is 2.24. The molecule has 4 nitrogen and oxygen atoms in total. The minimum Gasteiger partial charge on any atom is -0.397 e. The first-order valence-electron chi connectivity index (χ1n) is 6.38. The van der Waals surface area contributed by atoms with Gasteiger partial charge in [0.25, 0.3) is 0 Å². The van der Waals surface area contributed by atoms with E-state index in [9.17, 15) is 0 Å². The van der Waals surface area contributed by atoms with Crippen molar-refractivity contribution in [1.82, 2.24) is 14.9 Å². The summed E-state index contributed by atoms with van der Waals surface area (Å²) in [6.45, 7) is 3.50. The first kappa shape index (κ1) is 11.8. The number of nitrogens with one attached hydrogen (secondary N) is 1. The standard InChI is InChI=1S/C13H17ClN4/c14-9-7-10(15)13-11(8-9)16-12(17-13)3-6-18-4-1-2-5-18/h7-8H,1-6,15H2,(H,16,17). The molecule has 0 aliphatic carbocycles. The first-order chi connectivity index (χ1) is 8.72. The predicted molar refractivity (Wildman–Crippen MR) is 74.9 cm³/mol. The van der Waals surface area contributed by atoms with Crippen molar-refractivity contribution in [2.75, 3.05) is 25.4 Å². The molecule has 0 saturated carbocycles. The maximum absolute atomic E-state index is 5.98. The van der Waals surface area contributed by atoms with E-state index < -0.39 is 0 Å². The molecular weight excluding hydrogens is 248 g/mol. The Balaban J connectivity index is 1.78. The number of benzene rings is 1. The van der Waals surface area contributed by atoms with Crippen LogP contribution in [-0.2, 0) is 6.42 Å². The van der Waals surface area contributed by atoms with Gasteiger partial charge in [0.15, 0.2) is 0 Å². The number of hydrogen-bond acceptors (Lipinski definition) is 3. The molecule has 2 heterocycles. The number of anilines is 1. The third kappa shape index (κ3) is 2.31. The van der Waals surface area contributed by atoms with Crippen molar-refractivity contribution >= 4 is 28.3 Å². The summed E-state index contributed by atoms with van der Waals surface area (Å²) < 4.78 is 0. The zero-order valence-corrected chi connectivity index (χ0v) is 11.0. The minimum absolute atomic E-state index is 0.640. The van der Waals surface area contributed by atoms with Crippen molar-refractivity contribution in [1.29, 1.82) is 0 Å². The van der Waals surface area contributed by atoms with Gasteiger partial charge >= 0.3 is 0 Å². The number of halogens is 1. The molecule has 18 heavy (non-hydrogen) atoms. The van der Waals surface area contributed by atoms with Gasteiger partial charge in [-0.05, 0) is 38.1 Å². The summed E-state index contributed by atoms with van der Waals surface area (Å²) in [6, 6.07) is 3.62. The second-order valence-corrected chi connectivity index (χ2v) is 5.31. The highest BCUT2D eigenvalue weighted by Gasteiger charge is 2.13. The number of likely N-dealkylation sites (tertiary alicyclic amines) is 1. The zero-order valence-electron chi connectivity index (χ0n) is 10.2. The van der Waals surface area contributed by atoms with Crippen LogP contribution >= 0.6 is 11.6 Å². The summed E-state index contributed by atoms with van der Waals surface area (Å²) in [7, 11) is 0. The Morgan fingerprint density at radius 2 is 2.11 bits per heavy atom. The van der Waals surface area contributed by atoms with Gasteiger partial charge in [-0.2, -0.15) is 0 Å². The number of aromatic amines is 1. The molecular formula is C13H17ClN4. The Morgan fingerprint density at radius 3 is 2.89 bits per heavy atom. The number of aromatic nitrogens is 2. The molecule has 5 heteroatoms. The average Bonchev–Trinajstić information content (AvgIpc) is 2.93. The van der Waals surface area contributed by atoms with E-state index in [1.807, 2.05) is 6.07 Å². The molecule has 0 amide bonds. The smallest absolute Gasteiger partial charge is 0.112 e. The van der Waals surface area contributed by atoms with E-state index in [0.29, 0.717) is 10.7 Å². The fourth-order valence-electron chi connectivity index (χ4n) is 2.55. The summed E-state index contributed by atoms with van der Waals surface area (Å²) >= 11 is 5.98. The number of nitrogen functional groups attached to an aromatic ring is 1. The molecule has 1 aromatic heterocycles. The van der Waals surface area contributed by atoms with Crippen LogP contribution in [0.5, 0.6) is 0 Å². The topological polar surface area (TPSA) is 57.9 Å². The lowest BCUT2D eigenvalue weighted by atomic mass is 10.3. The van der Waals surface area contributed by atoms with Crippen LogP contribution in [0, 0.1) is 0 Å². The molecule has 1 aliphatic rings. The number of H-pyrrole nitrogens is 1. The Hall–Kier alpha value is -1.26. The molecule has 2 aromatic rings. The lowest BCUT2D eigenvalue weighted by Gasteiger charge is -2.12. The van der Waals surface area contributed by atoms with Crippen LogP contribution in [0.15, 0.2) is 12.1 Å². The van der Waals surface area contributed by atoms with Crippen LogP contribution in [0.2, 0.25) is 5.02 Å². The highest BCUT2D eigenvalue weighted by atomic mass is 35.5. The van der Waals surface area contributed by atoms with E-state index in [0.717, 1.165) is 29.8 Å². The van der Waals surface area contributed by atoms with E-state index in [-0.39, 0.29) is 0 Å². The lowest BCUT2D eigenvalue weighted by molar-refractivity contribution is 0.341. The van der Waals surface area contributed by atoms with Gasteiger partial charge in [0.1, 0.15) is 11.3 Å². The Labute approximate surface area is 111 Å². The number of hydrogen-bond donors (Lipinski definition) is 2. The highest BCUT2D eigenvalue weighted by molar-refractivity contribution is 6.31. The Morgan fingerprint density at radius 1 is 1.33 bits per heavy atom. The van der Waals surface area contributed by atoms with Gasteiger partial charge in [-0.25, -0.2) is 4.98 Å².